The van der Waals surface area contributed by atoms with E-state index in [2.05, 4.69) is 12.2 Å². The predicted molar refractivity (Wildman–Crippen MR) is 88.7 cm³/mol. The number of esters is 1. The van der Waals surface area contributed by atoms with E-state index in [1.807, 2.05) is 35.2 Å². The lowest BCUT2D eigenvalue weighted by Gasteiger charge is -2.23. The van der Waals surface area contributed by atoms with Gasteiger partial charge in [-0.15, -0.1) is 0 Å². The van der Waals surface area contributed by atoms with Gasteiger partial charge in [0.25, 0.3) is 0 Å². The highest BCUT2D eigenvalue weighted by atomic mass is 16.5. The molecule has 1 atom stereocenters. The minimum absolute atomic E-state index is 0.0187. The molecular formula is C18H26N2O3. The SMILES string of the molecule is COC(=O)CCN(CC(=O)NC(C)C1CC1)Cc1ccccc1. The van der Waals surface area contributed by atoms with Crippen molar-refractivity contribution in [3.8, 4) is 0 Å². The molecule has 126 valence electrons. The van der Waals surface area contributed by atoms with Gasteiger partial charge in [-0.05, 0) is 31.2 Å². The molecule has 1 amide bonds. The molecule has 0 bridgehead atoms. The fourth-order valence-electron chi connectivity index (χ4n) is 2.62. The predicted octanol–water partition coefficient (Wildman–Crippen LogP) is 1.97. The number of hydrogen-bond acceptors (Lipinski definition) is 4. The first-order valence-corrected chi connectivity index (χ1v) is 8.21. The van der Waals surface area contributed by atoms with Gasteiger partial charge in [0.2, 0.25) is 5.91 Å². The molecule has 23 heavy (non-hydrogen) atoms. The molecule has 1 aromatic rings. The van der Waals surface area contributed by atoms with Crippen molar-refractivity contribution in [1.29, 1.82) is 0 Å². The van der Waals surface area contributed by atoms with Crippen LogP contribution in [-0.4, -0.2) is 43.0 Å². The summed E-state index contributed by atoms with van der Waals surface area (Å²) in [6, 6.07) is 10.2. The Morgan fingerprint density at radius 2 is 2.00 bits per heavy atom. The monoisotopic (exact) mass is 318 g/mol. The van der Waals surface area contributed by atoms with Crippen molar-refractivity contribution >= 4 is 11.9 Å². The van der Waals surface area contributed by atoms with Crippen molar-refractivity contribution in [3.63, 3.8) is 0 Å². The highest BCUT2D eigenvalue weighted by molar-refractivity contribution is 5.78. The molecule has 1 aliphatic rings. The third-order valence-corrected chi connectivity index (χ3v) is 4.19. The van der Waals surface area contributed by atoms with E-state index in [0.717, 1.165) is 5.56 Å². The van der Waals surface area contributed by atoms with Gasteiger partial charge >= 0.3 is 5.97 Å². The molecule has 0 aliphatic heterocycles. The number of hydrogen-bond donors (Lipinski definition) is 1. The number of rotatable bonds is 9. The van der Waals surface area contributed by atoms with E-state index in [9.17, 15) is 9.59 Å². The van der Waals surface area contributed by atoms with Crippen LogP contribution in [0.25, 0.3) is 0 Å². The number of ether oxygens (including phenoxy) is 1. The van der Waals surface area contributed by atoms with Crippen LogP contribution < -0.4 is 5.32 Å². The molecule has 0 heterocycles. The molecule has 0 saturated heterocycles. The van der Waals surface area contributed by atoms with Crippen molar-refractivity contribution in [2.75, 3.05) is 20.2 Å². The van der Waals surface area contributed by atoms with Crippen LogP contribution in [0.4, 0.5) is 0 Å². The van der Waals surface area contributed by atoms with E-state index in [1.165, 1.54) is 20.0 Å². The second-order valence-electron chi connectivity index (χ2n) is 6.22. The van der Waals surface area contributed by atoms with Gasteiger partial charge in [0.15, 0.2) is 0 Å². The summed E-state index contributed by atoms with van der Waals surface area (Å²) in [5.74, 6) is 0.400. The first-order chi connectivity index (χ1) is 11.1. The Balaban J connectivity index is 1.88. The molecule has 1 aromatic carbocycles. The van der Waals surface area contributed by atoms with E-state index in [4.69, 9.17) is 4.74 Å². The Bertz CT molecular complexity index is 514. The highest BCUT2D eigenvalue weighted by Crippen LogP contribution is 2.32. The second-order valence-corrected chi connectivity index (χ2v) is 6.22. The molecule has 0 spiro atoms. The standard InChI is InChI=1S/C18H26N2O3/c1-14(16-8-9-16)19-17(21)13-20(11-10-18(22)23-2)12-15-6-4-3-5-7-15/h3-7,14,16H,8-13H2,1-2H3,(H,19,21). The molecule has 0 radical (unpaired) electrons. The van der Waals surface area contributed by atoms with Gasteiger partial charge in [-0.2, -0.15) is 0 Å². The maximum Gasteiger partial charge on any atom is 0.306 e. The van der Waals surface area contributed by atoms with Gasteiger partial charge in [0, 0.05) is 19.1 Å². The quantitative estimate of drug-likeness (QED) is 0.707. The van der Waals surface area contributed by atoms with Crippen LogP contribution >= 0.6 is 0 Å². The summed E-state index contributed by atoms with van der Waals surface area (Å²) in [6.45, 7) is 3.50. The van der Waals surface area contributed by atoms with Crippen molar-refractivity contribution in [3.05, 3.63) is 35.9 Å². The number of methoxy groups -OCH3 is 1. The summed E-state index contributed by atoms with van der Waals surface area (Å²) in [4.78, 5) is 25.6. The van der Waals surface area contributed by atoms with Crippen LogP contribution in [0.2, 0.25) is 0 Å². The lowest BCUT2D eigenvalue weighted by Crippen LogP contribution is -2.42. The summed E-state index contributed by atoms with van der Waals surface area (Å²) in [5, 5.41) is 3.06. The van der Waals surface area contributed by atoms with Gasteiger partial charge in [-0.1, -0.05) is 30.3 Å². The number of nitrogens with zero attached hydrogens (tertiary/aromatic N) is 1. The largest absolute Gasteiger partial charge is 0.469 e. The Kier molecular flexibility index (Phi) is 6.59. The third-order valence-electron chi connectivity index (χ3n) is 4.19. The fourth-order valence-corrected chi connectivity index (χ4v) is 2.62. The van der Waals surface area contributed by atoms with Gasteiger partial charge in [-0.25, -0.2) is 0 Å². The number of amides is 1. The molecule has 1 aliphatic carbocycles. The number of carbonyl (C=O) groups excluding carboxylic acids is 2. The summed E-state index contributed by atoms with van der Waals surface area (Å²) >= 11 is 0. The Morgan fingerprint density at radius 1 is 1.30 bits per heavy atom. The van der Waals surface area contributed by atoms with Crippen LogP contribution in [0.5, 0.6) is 0 Å². The second kappa shape index (κ2) is 8.67. The molecule has 0 aromatic heterocycles. The zero-order chi connectivity index (χ0) is 16.7. The number of carbonyl (C=O) groups is 2. The fraction of sp³-hybridized carbons (Fsp3) is 0.556. The van der Waals surface area contributed by atoms with Crippen LogP contribution in [0.15, 0.2) is 30.3 Å². The van der Waals surface area contributed by atoms with Crippen molar-refractivity contribution in [1.82, 2.24) is 10.2 Å². The lowest BCUT2D eigenvalue weighted by atomic mass is 10.2. The van der Waals surface area contributed by atoms with Crippen LogP contribution in [-0.2, 0) is 20.9 Å². The average molecular weight is 318 g/mol. The Morgan fingerprint density at radius 3 is 2.61 bits per heavy atom. The van der Waals surface area contributed by atoms with Gasteiger partial charge in [0.1, 0.15) is 0 Å². The molecule has 2 rings (SSSR count). The average Bonchev–Trinajstić information content (AvgIpc) is 3.38. The smallest absolute Gasteiger partial charge is 0.306 e. The lowest BCUT2D eigenvalue weighted by molar-refractivity contribution is -0.141. The van der Waals surface area contributed by atoms with Gasteiger partial charge in [-0.3, -0.25) is 14.5 Å². The van der Waals surface area contributed by atoms with Gasteiger partial charge in [0.05, 0.1) is 20.1 Å². The van der Waals surface area contributed by atoms with Crippen molar-refractivity contribution in [2.45, 2.75) is 38.8 Å². The van der Waals surface area contributed by atoms with E-state index in [0.29, 0.717) is 25.6 Å². The van der Waals surface area contributed by atoms with Crippen LogP contribution in [0.3, 0.4) is 0 Å². The number of benzene rings is 1. The molecule has 5 nitrogen and oxygen atoms in total. The minimum atomic E-state index is -0.255. The van der Waals surface area contributed by atoms with Crippen molar-refractivity contribution in [2.24, 2.45) is 5.92 Å². The zero-order valence-electron chi connectivity index (χ0n) is 14.0. The van der Waals surface area contributed by atoms with E-state index in [1.54, 1.807) is 0 Å². The number of nitrogens with one attached hydrogen (secondary N) is 1. The van der Waals surface area contributed by atoms with E-state index < -0.39 is 0 Å². The van der Waals surface area contributed by atoms with Gasteiger partial charge < -0.3 is 10.1 Å². The first-order valence-electron chi connectivity index (χ1n) is 8.21. The first kappa shape index (κ1) is 17.5. The molecular weight excluding hydrogens is 292 g/mol. The molecule has 1 N–H and O–H groups in total. The summed E-state index contributed by atoms with van der Waals surface area (Å²) in [5.41, 5.74) is 1.13. The summed E-state index contributed by atoms with van der Waals surface area (Å²) in [7, 11) is 1.38. The summed E-state index contributed by atoms with van der Waals surface area (Å²) < 4.78 is 4.69. The maximum atomic E-state index is 12.2. The Labute approximate surface area is 138 Å². The molecule has 5 heteroatoms. The van der Waals surface area contributed by atoms with E-state index >= 15 is 0 Å². The summed E-state index contributed by atoms with van der Waals surface area (Å²) in [6.07, 6.45) is 2.70. The van der Waals surface area contributed by atoms with Crippen LogP contribution in [0.1, 0.15) is 31.7 Å². The third kappa shape index (κ3) is 6.40. The zero-order valence-corrected chi connectivity index (χ0v) is 14.0. The van der Waals surface area contributed by atoms with Crippen LogP contribution in [0, 0.1) is 5.92 Å². The maximum absolute atomic E-state index is 12.2. The molecule has 1 fully saturated rings. The van der Waals surface area contributed by atoms with Crippen molar-refractivity contribution < 1.29 is 14.3 Å². The minimum Gasteiger partial charge on any atom is -0.469 e. The highest BCUT2D eigenvalue weighted by Gasteiger charge is 2.29. The Hall–Kier alpha value is -1.88. The van der Waals surface area contributed by atoms with E-state index in [-0.39, 0.29) is 24.3 Å². The molecule has 1 saturated carbocycles. The molecule has 1 unspecified atom stereocenters. The normalized spacial score (nSPS) is 15.3. The topological polar surface area (TPSA) is 58.6 Å².